The molecular formula is C29H30F3N3O3. The molecule has 2 fully saturated rings. The third-order valence-corrected chi connectivity index (χ3v) is 8.94. The van der Waals surface area contributed by atoms with Gasteiger partial charge in [0.1, 0.15) is 5.82 Å². The van der Waals surface area contributed by atoms with Crippen LogP contribution >= 0.6 is 0 Å². The number of piperidine rings is 1. The Kier molecular flexibility index (Phi) is 5.74. The first kappa shape index (κ1) is 24.8. The Balaban J connectivity index is 1.28. The summed E-state index contributed by atoms with van der Waals surface area (Å²) >= 11 is 0. The topological polar surface area (TPSA) is 64.1 Å². The number of benzene rings is 2. The number of nitrogens with zero attached hydrogens (tertiary/aromatic N) is 3. The molecule has 1 amide bonds. The molecule has 4 aliphatic rings. The first-order valence-electron chi connectivity index (χ1n) is 13.1. The Morgan fingerprint density at radius 1 is 1.08 bits per heavy atom. The van der Waals surface area contributed by atoms with Crippen molar-refractivity contribution in [3.63, 3.8) is 0 Å². The van der Waals surface area contributed by atoms with Gasteiger partial charge in [0.15, 0.2) is 0 Å². The van der Waals surface area contributed by atoms with E-state index in [1.54, 1.807) is 17.0 Å². The number of carbonyl (C=O) groups excluding carboxylic acids is 1. The Bertz CT molecular complexity index is 1320. The van der Waals surface area contributed by atoms with Gasteiger partial charge in [0.25, 0.3) is 11.8 Å². The van der Waals surface area contributed by atoms with Crippen LogP contribution in [0.2, 0.25) is 0 Å². The van der Waals surface area contributed by atoms with Gasteiger partial charge in [-0.15, -0.1) is 0 Å². The number of carbonyl (C=O) groups is 2. The van der Waals surface area contributed by atoms with Gasteiger partial charge in [-0.1, -0.05) is 12.6 Å². The molecule has 3 aliphatic heterocycles. The number of carboxylic acid groups (broad SMARTS) is 1. The van der Waals surface area contributed by atoms with Crippen molar-refractivity contribution in [2.75, 3.05) is 40.9 Å². The van der Waals surface area contributed by atoms with Crippen LogP contribution in [0.1, 0.15) is 49.1 Å². The normalized spacial score (nSPS) is 24.7. The molecule has 2 aromatic carbocycles. The number of halogens is 3. The standard InChI is InChI=1S/C29H30F3N3O3/c1-2-26(36)34-16-21-15-29(31,32)17-35(21)25-13-20(4-6-24(25)34)33-9-7-28(8-10-33)14-18(11-27(37)38)22-5-3-19(30)12-23(22)28/h2-6,12-13,18,21H,1,7-11,14-17H2,(H,37,38)/t18-,21+/m1/s1. The fraction of sp³-hybridized carbons (Fsp3) is 0.448. The SMILES string of the molecule is C=CC(=O)N1C[C@@H]2CC(F)(F)CN2c2cc(N3CCC4(CC3)C[C@@H](CC(=O)O)c3ccc(F)cc34)ccc21. The van der Waals surface area contributed by atoms with E-state index >= 15 is 0 Å². The van der Waals surface area contributed by atoms with Crippen LogP contribution in [-0.4, -0.2) is 55.1 Å². The van der Waals surface area contributed by atoms with Gasteiger partial charge in [-0.25, -0.2) is 13.2 Å². The molecule has 1 aliphatic carbocycles. The van der Waals surface area contributed by atoms with Gasteiger partial charge in [0.2, 0.25) is 0 Å². The highest BCUT2D eigenvalue weighted by Crippen LogP contribution is 2.53. The van der Waals surface area contributed by atoms with Crippen LogP contribution in [0.5, 0.6) is 0 Å². The van der Waals surface area contributed by atoms with Crippen LogP contribution in [0.25, 0.3) is 0 Å². The second-order valence-corrected chi connectivity index (χ2v) is 11.2. The molecule has 1 N–H and O–H groups in total. The summed E-state index contributed by atoms with van der Waals surface area (Å²) in [5.74, 6) is -4.44. The molecular weight excluding hydrogens is 495 g/mol. The van der Waals surface area contributed by atoms with Gasteiger partial charge in [-0.3, -0.25) is 9.59 Å². The zero-order valence-electron chi connectivity index (χ0n) is 21.0. The predicted octanol–water partition coefficient (Wildman–Crippen LogP) is 5.07. The van der Waals surface area contributed by atoms with E-state index in [0.717, 1.165) is 29.7 Å². The van der Waals surface area contributed by atoms with E-state index in [1.807, 2.05) is 18.2 Å². The van der Waals surface area contributed by atoms with E-state index in [0.29, 0.717) is 30.9 Å². The maximum atomic E-state index is 14.4. The maximum absolute atomic E-state index is 14.4. The van der Waals surface area contributed by atoms with Crippen LogP contribution in [0.3, 0.4) is 0 Å². The van der Waals surface area contributed by atoms with Crippen LogP contribution in [0.15, 0.2) is 49.1 Å². The quantitative estimate of drug-likeness (QED) is 0.565. The largest absolute Gasteiger partial charge is 0.481 e. The van der Waals surface area contributed by atoms with Crippen molar-refractivity contribution in [3.05, 3.63) is 66.0 Å². The fourth-order valence-electron chi connectivity index (χ4n) is 7.23. The molecule has 0 radical (unpaired) electrons. The number of anilines is 3. The monoisotopic (exact) mass is 525 g/mol. The third kappa shape index (κ3) is 4.03. The molecule has 6 nitrogen and oxygen atoms in total. The predicted molar refractivity (Wildman–Crippen MR) is 139 cm³/mol. The molecule has 0 aromatic heterocycles. The van der Waals surface area contributed by atoms with Crippen molar-refractivity contribution < 1.29 is 27.9 Å². The maximum Gasteiger partial charge on any atom is 0.303 e. The van der Waals surface area contributed by atoms with Crippen LogP contribution in [-0.2, 0) is 15.0 Å². The highest BCUT2D eigenvalue weighted by molar-refractivity contribution is 6.04. The van der Waals surface area contributed by atoms with Gasteiger partial charge < -0.3 is 19.8 Å². The molecule has 2 aromatic rings. The number of hydrogen-bond donors (Lipinski definition) is 1. The van der Waals surface area contributed by atoms with E-state index in [4.69, 9.17) is 0 Å². The van der Waals surface area contributed by atoms with Crippen molar-refractivity contribution in [2.24, 2.45) is 0 Å². The zero-order valence-corrected chi connectivity index (χ0v) is 21.0. The smallest absolute Gasteiger partial charge is 0.303 e. The average molecular weight is 526 g/mol. The summed E-state index contributed by atoms with van der Waals surface area (Å²) in [4.78, 5) is 29.5. The summed E-state index contributed by atoms with van der Waals surface area (Å²) in [6, 6.07) is 9.91. The summed E-state index contributed by atoms with van der Waals surface area (Å²) in [5.41, 5.74) is 3.70. The number of rotatable bonds is 4. The van der Waals surface area contributed by atoms with E-state index in [1.165, 1.54) is 17.0 Å². The molecule has 0 unspecified atom stereocenters. The molecule has 38 heavy (non-hydrogen) atoms. The lowest BCUT2D eigenvalue weighted by molar-refractivity contribution is -0.137. The highest BCUT2D eigenvalue weighted by atomic mass is 19.3. The molecule has 1 spiro atoms. The minimum Gasteiger partial charge on any atom is -0.481 e. The van der Waals surface area contributed by atoms with Gasteiger partial charge in [0.05, 0.1) is 30.4 Å². The summed E-state index contributed by atoms with van der Waals surface area (Å²) in [6.07, 6.45) is 3.10. The van der Waals surface area contributed by atoms with Gasteiger partial charge in [-0.2, -0.15) is 0 Å². The molecule has 0 bridgehead atoms. The minimum atomic E-state index is -2.82. The lowest BCUT2D eigenvalue weighted by atomic mass is 9.73. The first-order valence-corrected chi connectivity index (χ1v) is 13.1. The third-order valence-electron chi connectivity index (χ3n) is 8.94. The van der Waals surface area contributed by atoms with Crippen LogP contribution in [0, 0.1) is 5.82 Å². The van der Waals surface area contributed by atoms with Crippen molar-refractivity contribution in [1.82, 2.24) is 0 Å². The number of amides is 1. The first-order chi connectivity index (χ1) is 18.1. The van der Waals surface area contributed by atoms with Crippen LogP contribution in [0.4, 0.5) is 30.2 Å². The number of fused-ring (bicyclic) bond motifs is 5. The molecule has 3 heterocycles. The minimum absolute atomic E-state index is 0.0243. The fourth-order valence-corrected chi connectivity index (χ4v) is 7.23. The highest BCUT2D eigenvalue weighted by Gasteiger charge is 2.49. The summed E-state index contributed by atoms with van der Waals surface area (Å²) in [6.45, 7) is 4.74. The lowest BCUT2D eigenvalue weighted by Crippen LogP contribution is -2.48. The van der Waals surface area contributed by atoms with E-state index in [-0.39, 0.29) is 49.0 Å². The summed E-state index contributed by atoms with van der Waals surface area (Å²) in [7, 11) is 0. The van der Waals surface area contributed by atoms with Crippen LogP contribution < -0.4 is 14.7 Å². The van der Waals surface area contributed by atoms with Gasteiger partial charge in [0, 0.05) is 31.7 Å². The van der Waals surface area contributed by atoms with Crippen molar-refractivity contribution in [3.8, 4) is 0 Å². The van der Waals surface area contributed by atoms with Crippen molar-refractivity contribution in [2.45, 2.75) is 55.4 Å². The molecule has 200 valence electrons. The average Bonchev–Trinajstić information content (AvgIpc) is 3.35. The lowest BCUT2D eigenvalue weighted by Gasteiger charge is -2.43. The zero-order chi connectivity index (χ0) is 26.8. The Labute approximate surface area is 219 Å². The Morgan fingerprint density at radius 3 is 2.55 bits per heavy atom. The van der Waals surface area contributed by atoms with Gasteiger partial charge >= 0.3 is 5.97 Å². The number of hydrogen-bond acceptors (Lipinski definition) is 4. The van der Waals surface area contributed by atoms with Gasteiger partial charge in [-0.05, 0) is 78.1 Å². The molecule has 2 atom stereocenters. The Hall–Kier alpha value is -3.49. The Morgan fingerprint density at radius 2 is 1.84 bits per heavy atom. The van der Waals surface area contributed by atoms with E-state index in [9.17, 15) is 27.9 Å². The summed E-state index contributed by atoms with van der Waals surface area (Å²) < 4.78 is 43.0. The second kappa shape index (κ2) is 8.78. The number of alkyl halides is 2. The molecule has 2 saturated heterocycles. The van der Waals surface area contributed by atoms with E-state index in [2.05, 4.69) is 11.5 Å². The van der Waals surface area contributed by atoms with E-state index < -0.39 is 17.9 Å². The van der Waals surface area contributed by atoms with Crippen molar-refractivity contribution in [1.29, 1.82) is 0 Å². The molecule has 6 rings (SSSR count). The number of carboxylic acids is 1. The summed E-state index contributed by atoms with van der Waals surface area (Å²) in [5, 5.41) is 9.43. The molecule has 0 saturated carbocycles. The molecule has 9 heteroatoms. The second-order valence-electron chi connectivity index (χ2n) is 11.2. The number of aliphatic carboxylic acids is 1. The van der Waals surface area contributed by atoms with Crippen molar-refractivity contribution >= 4 is 28.9 Å².